The second-order valence-electron chi connectivity index (χ2n) is 5.94. The molecule has 146 valence electrons. The Hall–Kier alpha value is -3.04. The summed E-state index contributed by atoms with van der Waals surface area (Å²) < 4.78 is 39.1. The van der Waals surface area contributed by atoms with Crippen LogP contribution in [0.3, 0.4) is 0 Å². The fourth-order valence-corrected chi connectivity index (χ4v) is 2.54. The number of halogens is 3. The lowest BCUT2D eigenvalue weighted by Gasteiger charge is -2.20. The van der Waals surface area contributed by atoms with Gasteiger partial charge in [0.2, 0.25) is 0 Å². The number of alkyl halides is 3. The van der Waals surface area contributed by atoms with E-state index in [1.165, 1.54) is 7.05 Å². The molecule has 0 aliphatic heterocycles. The van der Waals surface area contributed by atoms with Crippen molar-refractivity contribution in [2.75, 3.05) is 17.7 Å². The molecule has 2 aromatic rings. The molecule has 2 rings (SSSR count). The minimum Gasteiger partial charge on any atom is -0.383 e. The molecule has 3 N–H and O–H groups in total. The van der Waals surface area contributed by atoms with Gasteiger partial charge in [-0.15, -0.1) is 0 Å². The van der Waals surface area contributed by atoms with E-state index in [1.54, 1.807) is 0 Å². The summed E-state index contributed by atoms with van der Waals surface area (Å²) in [5.74, 6) is -0.915. The van der Waals surface area contributed by atoms with Crippen molar-refractivity contribution >= 4 is 17.4 Å². The largest absolute Gasteiger partial charge is 0.416 e. The number of nitrogens with one attached hydrogen (secondary N) is 1. The van der Waals surface area contributed by atoms with Crippen LogP contribution in [0.25, 0.3) is 0 Å². The highest BCUT2D eigenvalue weighted by atomic mass is 19.4. The molecule has 7 nitrogen and oxygen atoms in total. The highest BCUT2D eigenvalue weighted by Crippen LogP contribution is 2.29. The summed E-state index contributed by atoms with van der Waals surface area (Å²) in [6.45, 7) is 2.17. The maximum Gasteiger partial charge on any atom is 0.416 e. The molecule has 0 aliphatic rings. The van der Waals surface area contributed by atoms with Crippen LogP contribution in [-0.2, 0) is 12.7 Å². The highest BCUT2D eigenvalue weighted by Gasteiger charge is 2.30. The standard InChI is InChI=1S/C17H19F3N4O3/c1-3-4-9-24-13(21)12(14(25)22-16(24)27)23(2)15(26)10-5-7-11(8-6-10)17(18,19)20/h5-8H,3-4,9,21H2,1-2H3,(H,22,25,27). The lowest BCUT2D eigenvalue weighted by Crippen LogP contribution is -2.39. The molecule has 1 heterocycles. The molecule has 10 heteroatoms. The minimum atomic E-state index is -4.52. The monoisotopic (exact) mass is 384 g/mol. The Bertz CT molecular complexity index is 946. The maximum absolute atomic E-state index is 12.6. The van der Waals surface area contributed by atoms with Gasteiger partial charge in [-0.05, 0) is 30.7 Å². The van der Waals surface area contributed by atoms with Gasteiger partial charge < -0.3 is 10.6 Å². The molecule has 0 radical (unpaired) electrons. The molecule has 1 aromatic carbocycles. The van der Waals surface area contributed by atoms with Crippen LogP contribution in [0.1, 0.15) is 35.7 Å². The van der Waals surface area contributed by atoms with E-state index in [9.17, 15) is 27.6 Å². The number of hydrogen-bond donors (Lipinski definition) is 2. The lowest BCUT2D eigenvalue weighted by molar-refractivity contribution is -0.137. The first-order chi connectivity index (χ1) is 12.6. The fourth-order valence-electron chi connectivity index (χ4n) is 2.54. The Morgan fingerprint density at radius 2 is 1.81 bits per heavy atom. The van der Waals surface area contributed by atoms with E-state index in [4.69, 9.17) is 5.73 Å². The van der Waals surface area contributed by atoms with E-state index >= 15 is 0 Å². The Labute approximate surface area is 152 Å². The third kappa shape index (κ3) is 4.21. The molecule has 0 spiro atoms. The van der Waals surface area contributed by atoms with Crippen molar-refractivity contribution in [2.45, 2.75) is 32.5 Å². The van der Waals surface area contributed by atoms with Crippen molar-refractivity contribution in [1.29, 1.82) is 0 Å². The number of carbonyl (C=O) groups excluding carboxylic acids is 1. The van der Waals surface area contributed by atoms with Crippen molar-refractivity contribution < 1.29 is 18.0 Å². The van der Waals surface area contributed by atoms with Crippen molar-refractivity contribution in [3.05, 3.63) is 56.2 Å². The molecule has 0 unspecified atom stereocenters. The third-order valence-electron chi connectivity index (χ3n) is 4.05. The zero-order valence-electron chi connectivity index (χ0n) is 14.8. The summed E-state index contributed by atoms with van der Waals surface area (Å²) in [5, 5.41) is 0. The molecule has 1 amide bonds. The van der Waals surface area contributed by atoms with E-state index in [0.717, 1.165) is 40.2 Å². The zero-order chi connectivity index (χ0) is 20.4. The molecule has 0 saturated carbocycles. The van der Waals surface area contributed by atoms with Gasteiger partial charge in [-0.2, -0.15) is 13.2 Å². The predicted octanol–water partition coefficient (Wildman–Crippen LogP) is 2.21. The first kappa shape index (κ1) is 20.3. The van der Waals surface area contributed by atoms with Gasteiger partial charge in [0.05, 0.1) is 5.56 Å². The quantitative estimate of drug-likeness (QED) is 0.825. The number of nitrogen functional groups attached to an aromatic ring is 1. The van der Waals surface area contributed by atoms with Crippen LogP contribution in [0.4, 0.5) is 24.7 Å². The molecule has 0 fully saturated rings. The Morgan fingerprint density at radius 3 is 2.33 bits per heavy atom. The van der Waals surface area contributed by atoms with Gasteiger partial charge in [-0.25, -0.2) is 4.79 Å². The topological polar surface area (TPSA) is 101 Å². The van der Waals surface area contributed by atoms with E-state index < -0.39 is 28.9 Å². The van der Waals surface area contributed by atoms with Crippen molar-refractivity contribution in [3.8, 4) is 0 Å². The van der Waals surface area contributed by atoms with Crippen LogP contribution in [0.15, 0.2) is 33.9 Å². The number of H-pyrrole nitrogens is 1. The van der Waals surface area contributed by atoms with Crippen LogP contribution in [0, 0.1) is 0 Å². The number of rotatable bonds is 5. The van der Waals surface area contributed by atoms with Gasteiger partial charge >= 0.3 is 11.9 Å². The number of carbonyl (C=O) groups is 1. The Balaban J connectivity index is 2.42. The van der Waals surface area contributed by atoms with E-state index in [-0.39, 0.29) is 23.6 Å². The van der Waals surface area contributed by atoms with E-state index in [1.807, 2.05) is 6.92 Å². The first-order valence-corrected chi connectivity index (χ1v) is 8.15. The number of aromatic amines is 1. The molecule has 0 aliphatic carbocycles. The fraction of sp³-hybridized carbons (Fsp3) is 0.353. The number of nitrogens with two attached hydrogens (primary N) is 1. The van der Waals surface area contributed by atoms with Crippen molar-refractivity contribution in [2.24, 2.45) is 0 Å². The van der Waals surface area contributed by atoms with Crippen LogP contribution in [0.2, 0.25) is 0 Å². The molecular weight excluding hydrogens is 365 g/mol. The molecule has 27 heavy (non-hydrogen) atoms. The highest BCUT2D eigenvalue weighted by molar-refractivity contribution is 6.06. The average Bonchev–Trinajstić information content (AvgIpc) is 2.60. The molecule has 0 atom stereocenters. The van der Waals surface area contributed by atoms with E-state index in [0.29, 0.717) is 6.42 Å². The zero-order valence-corrected chi connectivity index (χ0v) is 14.8. The number of hydrogen-bond acceptors (Lipinski definition) is 4. The number of benzene rings is 1. The van der Waals surface area contributed by atoms with Crippen LogP contribution < -0.4 is 21.9 Å². The average molecular weight is 384 g/mol. The van der Waals surface area contributed by atoms with Gasteiger partial charge in [0.25, 0.3) is 11.5 Å². The number of unbranched alkanes of at least 4 members (excludes halogenated alkanes) is 1. The van der Waals surface area contributed by atoms with Gasteiger partial charge in [-0.1, -0.05) is 13.3 Å². The maximum atomic E-state index is 12.6. The SMILES string of the molecule is CCCCn1c(N)c(N(C)C(=O)c2ccc(C(F)(F)F)cc2)c(=O)[nH]c1=O. The Morgan fingerprint density at radius 1 is 1.22 bits per heavy atom. The second-order valence-corrected chi connectivity index (χ2v) is 5.94. The smallest absolute Gasteiger partial charge is 0.383 e. The Kier molecular flexibility index (Phi) is 5.77. The third-order valence-corrected chi connectivity index (χ3v) is 4.05. The number of nitrogens with zero attached hydrogens (tertiary/aromatic N) is 2. The van der Waals surface area contributed by atoms with Gasteiger partial charge in [0, 0.05) is 19.2 Å². The minimum absolute atomic E-state index is 0.0596. The molecule has 1 aromatic heterocycles. The lowest BCUT2D eigenvalue weighted by atomic mass is 10.1. The first-order valence-electron chi connectivity index (χ1n) is 8.15. The summed E-state index contributed by atoms with van der Waals surface area (Å²) in [4.78, 5) is 39.7. The summed E-state index contributed by atoms with van der Waals surface area (Å²) in [6, 6.07) is 3.58. The van der Waals surface area contributed by atoms with Gasteiger partial charge in [-0.3, -0.25) is 19.1 Å². The number of amides is 1. The number of anilines is 2. The number of aromatic nitrogens is 2. The van der Waals surface area contributed by atoms with Gasteiger partial charge in [0.1, 0.15) is 5.82 Å². The summed E-state index contributed by atoms with van der Waals surface area (Å²) in [6.07, 6.45) is -3.11. The molecule has 0 bridgehead atoms. The van der Waals surface area contributed by atoms with Crippen molar-refractivity contribution in [1.82, 2.24) is 9.55 Å². The second kappa shape index (κ2) is 7.68. The van der Waals surface area contributed by atoms with E-state index in [2.05, 4.69) is 4.98 Å². The normalized spacial score (nSPS) is 11.4. The predicted molar refractivity (Wildman–Crippen MR) is 94.8 cm³/mol. The van der Waals surface area contributed by atoms with Crippen LogP contribution >= 0.6 is 0 Å². The van der Waals surface area contributed by atoms with Crippen LogP contribution in [0.5, 0.6) is 0 Å². The summed E-state index contributed by atoms with van der Waals surface area (Å²) >= 11 is 0. The van der Waals surface area contributed by atoms with Gasteiger partial charge in [0.15, 0.2) is 5.69 Å². The summed E-state index contributed by atoms with van der Waals surface area (Å²) in [5.41, 5.74) is 3.18. The molecular formula is C17H19F3N4O3. The summed E-state index contributed by atoms with van der Waals surface area (Å²) in [7, 11) is 1.26. The van der Waals surface area contributed by atoms with Crippen molar-refractivity contribution in [3.63, 3.8) is 0 Å². The molecule has 0 saturated heterocycles. The van der Waals surface area contributed by atoms with Crippen LogP contribution in [-0.4, -0.2) is 22.5 Å².